The molecule has 0 amide bonds. The van der Waals surface area contributed by atoms with Gasteiger partial charge in [0.15, 0.2) is 5.75 Å². The van der Waals surface area contributed by atoms with Crippen LogP contribution in [0.5, 0.6) is 5.75 Å². The Morgan fingerprint density at radius 2 is 2.20 bits per heavy atom. The van der Waals surface area contributed by atoms with Crippen LogP contribution < -0.4 is 4.74 Å². The summed E-state index contributed by atoms with van der Waals surface area (Å²) in [6.07, 6.45) is -1.75. The van der Waals surface area contributed by atoms with E-state index < -0.39 is 12.1 Å². The highest BCUT2D eigenvalue weighted by atomic mass is 19.4. The highest BCUT2D eigenvalue weighted by Gasteiger charge is 2.31. The van der Waals surface area contributed by atoms with Gasteiger partial charge in [-0.15, -0.1) is 13.2 Å². The second-order valence-corrected chi connectivity index (χ2v) is 1.43. The molecule has 0 atom stereocenters. The van der Waals surface area contributed by atoms with Crippen LogP contribution in [-0.2, 0) is 0 Å². The van der Waals surface area contributed by atoms with E-state index in [2.05, 4.69) is 9.15 Å². The molecule has 0 aliphatic carbocycles. The standard InChI is InChI=1S/C5H2F3O2/c6-5(7,8)10-4-1-2-9-3-4/h1-2H. The Labute approximate surface area is 54.2 Å². The lowest BCUT2D eigenvalue weighted by atomic mass is 10.6. The summed E-state index contributed by atoms with van der Waals surface area (Å²) in [5.41, 5.74) is 0. The molecule has 0 spiro atoms. The normalized spacial score (nSPS) is 11.5. The van der Waals surface area contributed by atoms with Gasteiger partial charge in [-0.1, -0.05) is 0 Å². The molecule has 0 saturated heterocycles. The van der Waals surface area contributed by atoms with Gasteiger partial charge in [0.05, 0.1) is 6.26 Å². The molecule has 1 rings (SSSR count). The molecule has 0 unspecified atom stereocenters. The van der Waals surface area contributed by atoms with Crippen LogP contribution >= 0.6 is 0 Å². The van der Waals surface area contributed by atoms with Gasteiger partial charge >= 0.3 is 6.36 Å². The lowest BCUT2D eigenvalue weighted by Crippen LogP contribution is -2.16. The molecule has 1 heterocycles. The number of ether oxygens (including phenoxy) is 1. The summed E-state index contributed by atoms with van der Waals surface area (Å²) in [6, 6.07) is 1.02. The molecule has 5 heteroatoms. The first-order chi connectivity index (χ1) is 4.58. The van der Waals surface area contributed by atoms with E-state index in [1.807, 2.05) is 6.26 Å². The Kier molecular flexibility index (Phi) is 1.57. The minimum atomic E-state index is -4.67. The first-order valence-corrected chi connectivity index (χ1v) is 2.29. The fourth-order valence-corrected chi connectivity index (χ4v) is 0.401. The zero-order valence-electron chi connectivity index (χ0n) is 4.61. The predicted octanol–water partition coefficient (Wildman–Crippen LogP) is 1.98. The van der Waals surface area contributed by atoms with E-state index in [9.17, 15) is 13.2 Å². The first-order valence-electron chi connectivity index (χ1n) is 2.29. The molecule has 0 aliphatic rings. The van der Waals surface area contributed by atoms with Crippen molar-refractivity contribution in [2.45, 2.75) is 6.36 Å². The summed E-state index contributed by atoms with van der Waals surface area (Å²) in [5.74, 6) is -0.465. The first kappa shape index (κ1) is 6.98. The van der Waals surface area contributed by atoms with Crippen LogP contribution in [0.3, 0.4) is 0 Å². The molecule has 1 aromatic heterocycles. The minimum absolute atomic E-state index is 0.465. The van der Waals surface area contributed by atoms with E-state index in [-0.39, 0.29) is 0 Å². The molecule has 0 saturated carbocycles. The summed E-state index contributed by atoms with van der Waals surface area (Å²) >= 11 is 0. The van der Waals surface area contributed by atoms with Crippen molar-refractivity contribution in [2.24, 2.45) is 0 Å². The Morgan fingerprint density at radius 3 is 2.60 bits per heavy atom. The summed E-state index contributed by atoms with van der Waals surface area (Å²) < 4.78 is 41.6. The molecule has 0 aliphatic heterocycles. The number of rotatable bonds is 1. The van der Waals surface area contributed by atoms with E-state index >= 15 is 0 Å². The minimum Gasteiger partial charge on any atom is -0.457 e. The van der Waals surface area contributed by atoms with Crippen molar-refractivity contribution in [3.05, 3.63) is 18.6 Å². The Bertz CT molecular complexity index is 189. The molecular formula is C5H2F3O2. The maximum atomic E-state index is 11.3. The van der Waals surface area contributed by atoms with E-state index in [0.29, 0.717) is 0 Å². The van der Waals surface area contributed by atoms with Crippen molar-refractivity contribution in [1.82, 2.24) is 0 Å². The van der Waals surface area contributed by atoms with Crippen molar-refractivity contribution in [2.75, 3.05) is 0 Å². The fraction of sp³-hybridized carbons (Fsp3) is 0.200. The third-order valence-corrected chi connectivity index (χ3v) is 0.673. The van der Waals surface area contributed by atoms with Gasteiger partial charge in [0.1, 0.15) is 0 Å². The SMILES string of the molecule is FC(F)(F)Oc1[c]occ1. The van der Waals surface area contributed by atoms with Crippen molar-refractivity contribution in [3.63, 3.8) is 0 Å². The summed E-state index contributed by atoms with van der Waals surface area (Å²) in [6.45, 7) is 0. The van der Waals surface area contributed by atoms with E-state index in [1.54, 1.807) is 0 Å². The lowest BCUT2D eigenvalue weighted by Gasteiger charge is -2.03. The highest BCUT2D eigenvalue weighted by molar-refractivity contribution is 5.11. The average Bonchev–Trinajstić information content (AvgIpc) is 2.12. The monoisotopic (exact) mass is 151 g/mol. The number of hydrogen-bond acceptors (Lipinski definition) is 2. The van der Waals surface area contributed by atoms with Crippen LogP contribution in [0.2, 0.25) is 0 Å². The molecule has 0 N–H and O–H groups in total. The maximum Gasteiger partial charge on any atom is 0.573 e. The number of halogens is 3. The molecule has 1 aromatic rings. The highest BCUT2D eigenvalue weighted by Crippen LogP contribution is 2.21. The molecule has 10 heavy (non-hydrogen) atoms. The summed E-state index contributed by atoms with van der Waals surface area (Å²) in [7, 11) is 0. The van der Waals surface area contributed by atoms with E-state index in [4.69, 9.17) is 0 Å². The van der Waals surface area contributed by atoms with Gasteiger partial charge < -0.3 is 9.15 Å². The molecule has 0 bridgehead atoms. The maximum absolute atomic E-state index is 11.3. The number of hydrogen-bond donors (Lipinski definition) is 0. The number of furan rings is 1. The molecular weight excluding hydrogens is 149 g/mol. The van der Waals surface area contributed by atoms with Gasteiger partial charge in [0.25, 0.3) is 0 Å². The van der Waals surface area contributed by atoms with Gasteiger partial charge in [-0.2, -0.15) is 0 Å². The van der Waals surface area contributed by atoms with Crippen LogP contribution in [0.15, 0.2) is 16.7 Å². The average molecular weight is 151 g/mol. The van der Waals surface area contributed by atoms with Crippen LogP contribution in [0.25, 0.3) is 0 Å². The van der Waals surface area contributed by atoms with Crippen molar-refractivity contribution < 1.29 is 22.3 Å². The third-order valence-electron chi connectivity index (χ3n) is 0.673. The van der Waals surface area contributed by atoms with Crippen LogP contribution in [0.1, 0.15) is 0 Å². The summed E-state index contributed by atoms with van der Waals surface area (Å²) in [5, 5.41) is 0. The molecule has 0 aromatic carbocycles. The zero-order chi connectivity index (χ0) is 7.61. The second-order valence-electron chi connectivity index (χ2n) is 1.43. The van der Waals surface area contributed by atoms with Gasteiger partial charge in [-0.3, -0.25) is 0 Å². The second kappa shape index (κ2) is 2.24. The molecule has 0 fully saturated rings. The van der Waals surface area contributed by atoms with Crippen LogP contribution in [0.4, 0.5) is 13.2 Å². The molecule has 55 valence electrons. The number of alkyl halides is 3. The fourth-order valence-electron chi connectivity index (χ4n) is 0.401. The third kappa shape index (κ3) is 2.00. The quantitative estimate of drug-likeness (QED) is 0.612. The zero-order valence-corrected chi connectivity index (χ0v) is 4.61. The molecule has 1 radical (unpaired) electrons. The van der Waals surface area contributed by atoms with Crippen molar-refractivity contribution >= 4 is 0 Å². The van der Waals surface area contributed by atoms with E-state index in [0.717, 1.165) is 12.3 Å². The summed E-state index contributed by atoms with van der Waals surface area (Å²) in [4.78, 5) is 0. The van der Waals surface area contributed by atoms with Gasteiger partial charge in [0, 0.05) is 6.07 Å². The van der Waals surface area contributed by atoms with Crippen molar-refractivity contribution in [1.29, 1.82) is 0 Å². The smallest absolute Gasteiger partial charge is 0.457 e. The van der Waals surface area contributed by atoms with Crippen molar-refractivity contribution in [3.8, 4) is 5.75 Å². The topological polar surface area (TPSA) is 22.4 Å². The van der Waals surface area contributed by atoms with Gasteiger partial charge in [0.2, 0.25) is 6.26 Å². The van der Waals surface area contributed by atoms with E-state index in [1.165, 1.54) is 0 Å². The van der Waals surface area contributed by atoms with Crippen LogP contribution in [0, 0.1) is 6.26 Å². The van der Waals surface area contributed by atoms with Gasteiger partial charge in [-0.05, 0) is 0 Å². The Hall–Kier alpha value is -1.13. The predicted molar refractivity (Wildman–Crippen MR) is 24.2 cm³/mol. The van der Waals surface area contributed by atoms with Gasteiger partial charge in [-0.25, -0.2) is 0 Å². The van der Waals surface area contributed by atoms with Crippen LogP contribution in [-0.4, -0.2) is 6.36 Å². The molecule has 2 nitrogen and oxygen atoms in total. The Balaban J connectivity index is 2.57. The lowest BCUT2D eigenvalue weighted by molar-refractivity contribution is -0.274. The largest absolute Gasteiger partial charge is 0.573 e. The Morgan fingerprint density at radius 1 is 1.50 bits per heavy atom.